The molecule has 1 amide bonds. The smallest absolute Gasteiger partial charge is 0.300 e. The molecular weight excluding hydrogens is 490 g/mol. The molecule has 0 aliphatic carbocycles. The van der Waals surface area contributed by atoms with E-state index >= 15 is 0 Å². The summed E-state index contributed by atoms with van der Waals surface area (Å²) in [6.07, 6.45) is 0. The fourth-order valence-electron chi connectivity index (χ4n) is 5.15. The van der Waals surface area contributed by atoms with Crippen molar-refractivity contribution in [1.82, 2.24) is 0 Å². The van der Waals surface area contributed by atoms with Crippen LogP contribution in [0.3, 0.4) is 0 Å². The molecule has 1 N–H and O–H groups in total. The zero-order valence-electron chi connectivity index (χ0n) is 22.7. The van der Waals surface area contributed by atoms with Crippen LogP contribution in [0.4, 0.5) is 5.69 Å². The van der Waals surface area contributed by atoms with E-state index in [0.717, 1.165) is 21.9 Å². The standard InChI is InChI=1S/C33H31NO5/c1-33(2,3)21-16-17-27(39-5)26(18-21)30(35)28-29(25-15-8-11-20-10-6-7-14-24(20)25)34(32(37)31(28)36)22-12-9-13-23(19-22)38-4/h6-19,29,35H,1-5H3/b30-28+. The second-order valence-corrected chi connectivity index (χ2v) is 10.6. The van der Waals surface area contributed by atoms with Crippen LogP contribution in [0.25, 0.3) is 16.5 Å². The number of aliphatic hydroxyl groups is 1. The van der Waals surface area contributed by atoms with Gasteiger partial charge >= 0.3 is 0 Å². The van der Waals surface area contributed by atoms with Crippen molar-refractivity contribution in [1.29, 1.82) is 0 Å². The summed E-state index contributed by atoms with van der Waals surface area (Å²) >= 11 is 0. The molecular formula is C33H31NO5. The highest BCUT2D eigenvalue weighted by atomic mass is 16.5. The van der Waals surface area contributed by atoms with Gasteiger partial charge in [-0.1, -0.05) is 75.4 Å². The minimum absolute atomic E-state index is 0.00327. The molecule has 4 aromatic rings. The molecule has 198 valence electrons. The van der Waals surface area contributed by atoms with Gasteiger partial charge in [0.1, 0.15) is 17.3 Å². The van der Waals surface area contributed by atoms with Gasteiger partial charge in [-0.3, -0.25) is 14.5 Å². The Labute approximate surface area is 228 Å². The number of amides is 1. The van der Waals surface area contributed by atoms with Crippen LogP contribution >= 0.6 is 0 Å². The lowest BCUT2D eigenvalue weighted by Gasteiger charge is -2.27. The van der Waals surface area contributed by atoms with E-state index in [1.165, 1.54) is 12.0 Å². The first kappa shape index (κ1) is 26.0. The van der Waals surface area contributed by atoms with Crippen LogP contribution in [0.2, 0.25) is 0 Å². The lowest BCUT2D eigenvalue weighted by Crippen LogP contribution is -2.29. The highest BCUT2D eigenvalue weighted by molar-refractivity contribution is 6.52. The SMILES string of the molecule is COc1cccc(N2C(=O)C(=O)/C(=C(/O)c3cc(C(C)(C)C)ccc3OC)C2c2cccc3ccccc23)c1. The average molecular weight is 522 g/mol. The molecule has 0 aromatic heterocycles. The van der Waals surface area contributed by atoms with Gasteiger partial charge in [-0.25, -0.2) is 0 Å². The number of hydrogen-bond donors (Lipinski definition) is 1. The maximum absolute atomic E-state index is 13.8. The van der Waals surface area contributed by atoms with Crippen LogP contribution in [0.5, 0.6) is 11.5 Å². The van der Waals surface area contributed by atoms with E-state index in [9.17, 15) is 14.7 Å². The summed E-state index contributed by atoms with van der Waals surface area (Å²) in [5.74, 6) is -0.819. The lowest BCUT2D eigenvalue weighted by atomic mass is 9.85. The van der Waals surface area contributed by atoms with Gasteiger partial charge < -0.3 is 14.6 Å². The van der Waals surface area contributed by atoms with Gasteiger partial charge in [0, 0.05) is 11.8 Å². The third-order valence-electron chi connectivity index (χ3n) is 7.21. The first-order valence-electron chi connectivity index (χ1n) is 12.8. The molecule has 1 aliphatic heterocycles. The summed E-state index contributed by atoms with van der Waals surface area (Å²) in [6, 6.07) is 25.2. The number of methoxy groups -OCH3 is 2. The molecule has 0 radical (unpaired) electrons. The molecule has 0 saturated carbocycles. The summed E-state index contributed by atoms with van der Waals surface area (Å²) in [5, 5.41) is 13.7. The Hall–Kier alpha value is -4.58. The lowest BCUT2D eigenvalue weighted by molar-refractivity contribution is -0.132. The molecule has 0 spiro atoms. The van der Waals surface area contributed by atoms with Crippen LogP contribution in [0.1, 0.15) is 43.5 Å². The van der Waals surface area contributed by atoms with Crippen LogP contribution in [0, 0.1) is 0 Å². The van der Waals surface area contributed by atoms with Crippen LogP contribution in [-0.2, 0) is 15.0 Å². The predicted octanol–water partition coefficient (Wildman–Crippen LogP) is 6.78. The second kappa shape index (κ2) is 9.95. The third kappa shape index (κ3) is 4.52. The minimum atomic E-state index is -0.883. The number of rotatable bonds is 5. The Morgan fingerprint density at radius 2 is 1.56 bits per heavy atom. The Morgan fingerprint density at radius 3 is 2.28 bits per heavy atom. The number of anilines is 1. The van der Waals surface area contributed by atoms with Gasteiger partial charge in [0.15, 0.2) is 0 Å². The van der Waals surface area contributed by atoms with Crippen LogP contribution < -0.4 is 14.4 Å². The molecule has 1 aliphatic rings. The summed E-state index contributed by atoms with van der Waals surface area (Å²) < 4.78 is 11.0. The first-order valence-corrected chi connectivity index (χ1v) is 12.8. The van der Waals surface area contributed by atoms with E-state index in [4.69, 9.17) is 9.47 Å². The molecule has 4 aromatic carbocycles. The molecule has 6 heteroatoms. The number of ketones is 1. The van der Waals surface area contributed by atoms with E-state index in [-0.39, 0.29) is 16.7 Å². The quantitative estimate of drug-likeness (QED) is 0.178. The zero-order valence-corrected chi connectivity index (χ0v) is 22.7. The number of benzene rings is 4. The highest BCUT2D eigenvalue weighted by Crippen LogP contribution is 2.46. The number of Topliss-reactive ketones (excluding diaryl/α,β-unsaturated/α-hetero) is 1. The molecule has 1 atom stereocenters. The monoisotopic (exact) mass is 521 g/mol. The zero-order chi connectivity index (χ0) is 27.9. The van der Waals surface area contributed by atoms with E-state index in [2.05, 4.69) is 20.8 Å². The van der Waals surface area contributed by atoms with Crippen molar-refractivity contribution in [3.05, 3.63) is 107 Å². The molecule has 1 fully saturated rings. The van der Waals surface area contributed by atoms with Crippen molar-refractivity contribution < 1.29 is 24.2 Å². The maximum atomic E-state index is 13.8. The molecule has 0 bridgehead atoms. The molecule has 5 rings (SSSR count). The van der Waals surface area contributed by atoms with Crippen molar-refractivity contribution in [3.8, 4) is 11.5 Å². The van der Waals surface area contributed by atoms with E-state index in [1.54, 1.807) is 37.4 Å². The molecule has 1 saturated heterocycles. The molecule has 6 nitrogen and oxygen atoms in total. The topological polar surface area (TPSA) is 76.1 Å². The van der Waals surface area contributed by atoms with Gasteiger partial charge in [0.2, 0.25) is 0 Å². The highest BCUT2D eigenvalue weighted by Gasteiger charge is 2.47. The van der Waals surface area contributed by atoms with Crippen molar-refractivity contribution in [2.75, 3.05) is 19.1 Å². The van der Waals surface area contributed by atoms with Crippen LogP contribution in [0.15, 0.2) is 90.5 Å². The summed E-state index contributed by atoms with van der Waals surface area (Å²) in [7, 11) is 3.06. The molecule has 1 heterocycles. The third-order valence-corrected chi connectivity index (χ3v) is 7.21. The summed E-state index contributed by atoms with van der Waals surface area (Å²) in [6.45, 7) is 6.20. The van der Waals surface area contributed by atoms with E-state index in [1.807, 2.05) is 54.6 Å². The largest absolute Gasteiger partial charge is 0.507 e. The summed E-state index contributed by atoms with van der Waals surface area (Å²) in [5.41, 5.74) is 2.31. The summed E-state index contributed by atoms with van der Waals surface area (Å²) in [4.78, 5) is 28.9. The maximum Gasteiger partial charge on any atom is 0.300 e. The second-order valence-electron chi connectivity index (χ2n) is 10.6. The van der Waals surface area contributed by atoms with Crippen molar-refractivity contribution in [3.63, 3.8) is 0 Å². The normalized spacial score (nSPS) is 17.1. The van der Waals surface area contributed by atoms with Gasteiger partial charge in [-0.05, 0) is 51.6 Å². The Bertz CT molecular complexity index is 1620. The van der Waals surface area contributed by atoms with Crippen LogP contribution in [-0.4, -0.2) is 31.0 Å². The Morgan fingerprint density at radius 1 is 0.846 bits per heavy atom. The Balaban J connectivity index is 1.83. The minimum Gasteiger partial charge on any atom is -0.507 e. The number of aliphatic hydroxyl groups excluding tert-OH is 1. The van der Waals surface area contributed by atoms with Gasteiger partial charge in [0.05, 0.1) is 31.4 Å². The van der Waals surface area contributed by atoms with E-state index in [0.29, 0.717) is 22.7 Å². The Kier molecular flexibility index (Phi) is 6.64. The van der Waals surface area contributed by atoms with Crippen molar-refractivity contribution >= 4 is 33.9 Å². The fraction of sp³-hybridized carbons (Fsp3) is 0.212. The average Bonchev–Trinajstić information content (AvgIpc) is 3.21. The number of ether oxygens (including phenoxy) is 2. The fourth-order valence-corrected chi connectivity index (χ4v) is 5.15. The van der Waals surface area contributed by atoms with Crippen molar-refractivity contribution in [2.24, 2.45) is 0 Å². The van der Waals surface area contributed by atoms with E-state index < -0.39 is 17.7 Å². The van der Waals surface area contributed by atoms with Crippen molar-refractivity contribution in [2.45, 2.75) is 32.2 Å². The predicted molar refractivity (Wildman–Crippen MR) is 153 cm³/mol. The molecule has 1 unspecified atom stereocenters. The molecule has 39 heavy (non-hydrogen) atoms. The first-order chi connectivity index (χ1) is 18.7. The number of nitrogens with zero attached hydrogens (tertiary/aromatic N) is 1. The number of hydrogen-bond acceptors (Lipinski definition) is 5. The van der Waals surface area contributed by atoms with Gasteiger partial charge in [0.25, 0.3) is 11.7 Å². The number of fused-ring (bicyclic) bond motifs is 1. The number of carbonyl (C=O) groups excluding carboxylic acids is 2. The van der Waals surface area contributed by atoms with Gasteiger partial charge in [-0.15, -0.1) is 0 Å². The number of carbonyl (C=O) groups is 2. The van der Waals surface area contributed by atoms with Gasteiger partial charge in [-0.2, -0.15) is 0 Å².